The Labute approximate surface area is 175 Å². The predicted molar refractivity (Wildman–Crippen MR) is 108 cm³/mol. The molecular formula is C20H17F2N3O5S. The van der Waals surface area contributed by atoms with Crippen LogP contribution in [0.2, 0.25) is 0 Å². The molecule has 4 aromatic rings. The van der Waals surface area contributed by atoms with E-state index in [0.717, 1.165) is 12.1 Å². The van der Waals surface area contributed by atoms with Crippen LogP contribution >= 0.6 is 0 Å². The molecule has 0 saturated heterocycles. The van der Waals surface area contributed by atoms with E-state index in [0.29, 0.717) is 16.8 Å². The second-order valence-electron chi connectivity index (χ2n) is 6.51. The van der Waals surface area contributed by atoms with E-state index in [2.05, 4.69) is 9.97 Å². The van der Waals surface area contributed by atoms with Crippen LogP contribution in [0.25, 0.3) is 11.0 Å². The highest BCUT2D eigenvalue weighted by atomic mass is 32.2. The largest absolute Gasteiger partial charge is 0.465 e. The number of aromatic amines is 1. The first-order valence-electron chi connectivity index (χ1n) is 8.75. The van der Waals surface area contributed by atoms with Gasteiger partial charge >= 0.3 is 0 Å². The van der Waals surface area contributed by atoms with Crippen LogP contribution in [0.1, 0.15) is 27.4 Å². The maximum absolute atomic E-state index is 13.9. The van der Waals surface area contributed by atoms with Crippen molar-refractivity contribution in [2.24, 2.45) is 0 Å². The summed E-state index contributed by atoms with van der Waals surface area (Å²) in [7, 11) is -4.11. The number of nitrogens with zero attached hydrogens (tertiary/aromatic N) is 1. The zero-order chi connectivity index (χ0) is 22.9. The van der Waals surface area contributed by atoms with Crippen molar-refractivity contribution in [1.82, 2.24) is 9.97 Å². The molecule has 4 N–H and O–H groups in total. The highest BCUT2D eigenvalue weighted by Gasteiger charge is 2.23. The lowest BCUT2D eigenvalue weighted by atomic mass is 10.0. The van der Waals surface area contributed by atoms with Gasteiger partial charge in [-0.05, 0) is 38.1 Å². The SMILES string of the molecule is Cc1cc(S(=O)(=O)O)c(C)o1.Nc1ccc(F)c(C(=O)c2c[nH]c3ncccc23)c1F. The molecule has 3 aromatic heterocycles. The fourth-order valence-electron chi connectivity index (χ4n) is 2.92. The Kier molecular flexibility index (Phi) is 5.91. The zero-order valence-electron chi connectivity index (χ0n) is 16.3. The number of fused-ring (bicyclic) bond motifs is 1. The monoisotopic (exact) mass is 449 g/mol. The third-order valence-electron chi connectivity index (χ3n) is 4.32. The van der Waals surface area contributed by atoms with Crippen LogP contribution in [0.5, 0.6) is 0 Å². The molecule has 0 unspecified atom stereocenters. The van der Waals surface area contributed by atoms with Crippen molar-refractivity contribution in [3.8, 4) is 0 Å². The number of benzene rings is 1. The number of halogens is 2. The zero-order valence-corrected chi connectivity index (χ0v) is 17.1. The molecule has 0 aliphatic carbocycles. The van der Waals surface area contributed by atoms with Gasteiger partial charge in [0.2, 0.25) is 5.78 Å². The summed E-state index contributed by atoms with van der Waals surface area (Å²) in [4.78, 5) is 19.0. The molecule has 0 aliphatic heterocycles. The van der Waals surface area contributed by atoms with Gasteiger partial charge in [0, 0.05) is 29.4 Å². The highest BCUT2D eigenvalue weighted by Crippen LogP contribution is 2.25. The molecule has 0 spiro atoms. The summed E-state index contributed by atoms with van der Waals surface area (Å²) >= 11 is 0. The fourth-order valence-corrected chi connectivity index (χ4v) is 3.64. The van der Waals surface area contributed by atoms with Crippen LogP contribution in [0.15, 0.2) is 52.0 Å². The number of ketones is 1. The molecule has 4 rings (SSSR count). The maximum Gasteiger partial charge on any atom is 0.298 e. The van der Waals surface area contributed by atoms with E-state index in [4.69, 9.17) is 14.7 Å². The predicted octanol–water partition coefficient (Wildman–Crippen LogP) is 3.80. The number of aromatic nitrogens is 2. The first-order valence-corrected chi connectivity index (χ1v) is 10.2. The topological polar surface area (TPSA) is 139 Å². The van der Waals surface area contributed by atoms with E-state index >= 15 is 0 Å². The molecule has 0 saturated carbocycles. The Morgan fingerprint density at radius 3 is 2.52 bits per heavy atom. The van der Waals surface area contributed by atoms with E-state index < -0.39 is 33.1 Å². The van der Waals surface area contributed by atoms with Gasteiger partial charge in [0.25, 0.3) is 10.1 Å². The minimum Gasteiger partial charge on any atom is -0.465 e. The van der Waals surface area contributed by atoms with Crippen molar-refractivity contribution < 1.29 is 31.0 Å². The van der Waals surface area contributed by atoms with Gasteiger partial charge in [-0.2, -0.15) is 8.42 Å². The van der Waals surface area contributed by atoms with E-state index in [9.17, 15) is 22.0 Å². The maximum atomic E-state index is 13.9. The van der Waals surface area contributed by atoms with Crippen molar-refractivity contribution >= 4 is 32.6 Å². The lowest BCUT2D eigenvalue weighted by Gasteiger charge is -2.05. The first kappa shape index (κ1) is 22.1. The first-order chi connectivity index (χ1) is 14.5. The Hall–Kier alpha value is -3.57. The van der Waals surface area contributed by atoms with Crippen LogP contribution in [0.3, 0.4) is 0 Å². The number of H-pyrrole nitrogens is 1. The van der Waals surface area contributed by atoms with Crippen molar-refractivity contribution in [3.05, 3.63) is 77.0 Å². The van der Waals surface area contributed by atoms with Crippen molar-refractivity contribution in [2.75, 3.05) is 5.73 Å². The normalized spacial score (nSPS) is 11.3. The van der Waals surface area contributed by atoms with Gasteiger partial charge < -0.3 is 15.1 Å². The van der Waals surface area contributed by atoms with E-state index in [1.165, 1.54) is 19.2 Å². The van der Waals surface area contributed by atoms with E-state index in [-0.39, 0.29) is 21.9 Å². The summed E-state index contributed by atoms with van der Waals surface area (Å²) in [5.74, 6) is -2.08. The summed E-state index contributed by atoms with van der Waals surface area (Å²) in [6.45, 7) is 3.10. The van der Waals surface area contributed by atoms with E-state index in [1.54, 1.807) is 25.3 Å². The number of anilines is 1. The molecule has 0 bridgehead atoms. The Bertz CT molecular complexity index is 1390. The lowest BCUT2D eigenvalue weighted by Crippen LogP contribution is -2.09. The van der Waals surface area contributed by atoms with Gasteiger partial charge in [-0.15, -0.1) is 0 Å². The number of furan rings is 1. The Morgan fingerprint density at radius 2 is 1.94 bits per heavy atom. The number of hydrogen-bond donors (Lipinski definition) is 3. The molecule has 31 heavy (non-hydrogen) atoms. The molecule has 162 valence electrons. The second-order valence-corrected chi connectivity index (χ2v) is 7.90. The molecule has 0 aliphatic rings. The number of rotatable bonds is 3. The number of carbonyl (C=O) groups excluding carboxylic acids is 1. The summed E-state index contributed by atoms with van der Waals surface area (Å²) in [6, 6.07) is 6.62. The summed E-state index contributed by atoms with van der Waals surface area (Å²) in [5, 5.41) is 0.499. The number of nitrogens with two attached hydrogens (primary N) is 1. The van der Waals surface area contributed by atoms with Crippen molar-refractivity contribution in [2.45, 2.75) is 18.7 Å². The minimum absolute atomic E-state index is 0.150. The summed E-state index contributed by atoms with van der Waals surface area (Å²) in [6.07, 6.45) is 2.93. The number of carbonyl (C=O) groups is 1. The quantitative estimate of drug-likeness (QED) is 0.246. The van der Waals surface area contributed by atoms with E-state index in [1.807, 2.05) is 0 Å². The molecule has 1 aromatic carbocycles. The molecule has 0 amide bonds. The van der Waals surface area contributed by atoms with Gasteiger partial charge in [-0.3, -0.25) is 9.35 Å². The third kappa shape index (κ3) is 4.47. The second kappa shape index (κ2) is 8.28. The standard InChI is InChI=1S/C14H9F2N3O.C6H8O4S/c15-9-3-4-10(17)12(16)11(9)13(20)8-6-19-14-7(8)2-1-5-18-14;1-4-3-6(5(2)10-4)11(7,8)9/h1-6H,17H2,(H,18,19);3H,1-2H3,(H,7,8,9). The number of nitrogen functional groups attached to an aromatic ring is 1. The van der Waals surface area contributed by atoms with Gasteiger partial charge in [-0.1, -0.05) is 0 Å². The van der Waals surface area contributed by atoms with Crippen LogP contribution in [0.4, 0.5) is 14.5 Å². The smallest absolute Gasteiger partial charge is 0.298 e. The molecule has 0 radical (unpaired) electrons. The number of hydrogen-bond acceptors (Lipinski definition) is 6. The molecule has 11 heteroatoms. The van der Waals surface area contributed by atoms with Crippen LogP contribution < -0.4 is 5.73 Å². The molecule has 3 heterocycles. The average Bonchev–Trinajstić information content (AvgIpc) is 3.28. The van der Waals surface area contributed by atoms with Gasteiger partial charge in [0.15, 0.2) is 5.82 Å². The molecule has 8 nitrogen and oxygen atoms in total. The van der Waals surface area contributed by atoms with Crippen molar-refractivity contribution in [3.63, 3.8) is 0 Å². The minimum atomic E-state index is -4.11. The Morgan fingerprint density at radius 1 is 1.23 bits per heavy atom. The third-order valence-corrected chi connectivity index (χ3v) is 5.28. The number of nitrogens with one attached hydrogen (secondary N) is 1. The van der Waals surface area contributed by atoms with Gasteiger partial charge in [-0.25, -0.2) is 13.8 Å². The number of aryl methyl sites for hydroxylation is 2. The Balaban J connectivity index is 0.000000210. The van der Waals surface area contributed by atoms with Gasteiger partial charge in [0.1, 0.15) is 27.9 Å². The fraction of sp³-hybridized carbons (Fsp3) is 0.100. The van der Waals surface area contributed by atoms with Gasteiger partial charge in [0.05, 0.1) is 11.3 Å². The molecule has 0 atom stereocenters. The lowest BCUT2D eigenvalue weighted by molar-refractivity contribution is 0.103. The summed E-state index contributed by atoms with van der Waals surface area (Å²) in [5.41, 5.74) is 5.07. The summed E-state index contributed by atoms with van der Waals surface area (Å²) < 4.78 is 62.2. The van der Waals surface area contributed by atoms with Crippen LogP contribution in [-0.2, 0) is 10.1 Å². The average molecular weight is 449 g/mol. The van der Waals surface area contributed by atoms with Crippen LogP contribution in [0, 0.1) is 25.5 Å². The van der Waals surface area contributed by atoms with Crippen LogP contribution in [-0.4, -0.2) is 28.7 Å². The van der Waals surface area contributed by atoms with Crippen molar-refractivity contribution in [1.29, 1.82) is 0 Å². The number of pyridine rings is 1. The molecular weight excluding hydrogens is 432 g/mol. The molecule has 0 fully saturated rings. The highest BCUT2D eigenvalue weighted by molar-refractivity contribution is 7.85.